The fourth-order valence-electron chi connectivity index (χ4n) is 5.63. The summed E-state index contributed by atoms with van der Waals surface area (Å²) < 4.78 is 24.4. The Hall–Kier alpha value is -5.74. The standard InChI is InChI=1S/C40H36N2O7S/c1-4-46-31-21-19-29(20-22-31)36-34(39(45)48-6-3)35(28-12-8-7-9-13-28)41-40-42(36)37(43)33(50-40)24-27-11-10-14-32(23-27)49-25-26-15-17-30(18-16-26)38(44)47-5-2/h7-24,36H,4-6,25H2,1-3H3/b33-24-/t36-/m1/s1. The van der Waals surface area contributed by atoms with Gasteiger partial charge in [0.05, 0.1) is 47.2 Å². The number of fused-ring (bicyclic) bond motifs is 1. The normalized spacial score (nSPS) is 14.1. The van der Waals surface area contributed by atoms with Gasteiger partial charge in [-0.1, -0.05) is 78.1 Å². The van der Waals surface area contributed by atoms with Crippen LogP contribution in [0.1, 0.15) is 59.4 Å². The van der Waals surface area contributed by atoms with Crippen LogP contribution in [0.4, 0.5) is 0 Å². The predicted molar refractivity (Wildman–Crippen MR) is 192 cm³/mol. The van der Waals surface area contributed by atoms with E-state index in [1.807, 2.05) is 97.9 Å². The average Bonchev–Trinajstić information content (AvgIpc) is 3.45. The Morgan fingerprint density at radius 2 is 1.50 bits per heavy atom. The van der Waals surface area contributed by atoms with E-state index in [9.17, 15) is 14.4 Å². The molecule has 5 aromatic rings. The Balaban J connectivity index is 1.39. The smallest absolute Gasteiger partial charge is 0.338 e. The van der Waals surface area contributed by atoms with E-state index < -0.39 is 12.0 Å². The molecule has 2 heterocycles. The second-order valence-corrected chi connectivity index (χ2v) is 12.2. The first kappa shape index (κ1) is 34.1. The minimum atomic E-state index is -0.789. The number of rotatable bonds is 12. The lowest BCUT2D eigenvalue weighted by molar-refractivity contribution is -0.138. The van der Waals surface area contributed by atoms with Gasteiger partial charge in [-0.05, 0) is 79.9 Å². The highest BCUT2D eigenvalue weighted by molar-refractivity contribution is 7.07. The van der Waals surface area contributed by atoms with Gasteiger partial charge in [0.2, 0.25) is 0 Å². The number of carbonyl (C=O) groups excluding carboxylic acids is 2. The van der Waals surface area contributed by atoms with Crippen molar-refractivity contribution in [2.24, 2.45) is 4.99 Å². The maximum absolute atomic E-state index is 14.3. The Kier molecular flexibility index (Phi) is 10.7. The van der Waals surface area contributed by atoms with Gasteiger partial charge in [-0.2, -0.15) is 0 Å². The largest absolute Gasteiger partial charge is 0.494 e. The maximum atomic E-state index is 14.3. The summed E-state index contributed by atoms with van der Waals surface area (Å²) in [5, 5.41) is 0. The maximum Gasteiger partial charge on any atom is 0.338 e. The molecule has 0 amide bonds. The second-order valence-electron chi connectivity index (χ2n) is 11.2. The van der Waals surface area contributed by atoms with Crippen LogP contribution in [0.3, 0.4) is 0 Å². The molecule has 0 saturated carbocycles. The molecule has 1 atom stereocenters. The molecular weight excluding hydrogens is 653 g/mol. The van der Waals surface area contributed by atoms with E-state index in [-0.39, 0.29) is 30.3 Å². The van der Waals surface area contributed by atoms with Crippen molar-refractivity contribution >= 4 is 35.0 Å². The summed E-state index contributed by atoms with van der Waals surface area (Å²) in [6.07, 6.45) is 1.80. The number of carbonyl (C=O) groups is 2. The highest BCUT2D eigenvalue weighted by atomic mass is 32.1. The zero-order chi connectivity index (χ0) is 35.0. The van der Waals surface area contributed by atoms with Crippen molar-refractivity contribution in [1.29, 1.82) is 0 Å². The van der Waals surface area contributed by atoms with E-state index >= 15 is 0 Å². The van der Waals surface area contributed by atoms with Crippen molar-refractivity contribution in [3.8, 4) is 11.5 Å². The third-order valence-electron chi connectivity index (χ3n) is 7.91. The molecular formula is C40H36N2O7S. The highest BCUT2D eigenvalue weighted by Crippen LogP contribution is 2.35. The van der Waals surface area contributed by atoms with Gasteiger partial charge in [-0.25, -0.2) is 14.6 Å². The average molecular weight is 689 g/mol. The predicted octanol–water partition coefficient (Wildman–Crippen LogP) is 6.09. The molecule has 10 heteroatoms. The van der Waals surface area contributed by atoms with E-state index in [0.29, 0.717) is 45.3 Å². The summed E-state index contributed by atoms with van der Waals surface area (Å²) in [7, 11) is 0. The molecule has 0 fully saturated rings. The minimum absolute atomic E-state index is 0.169. The molecule has 4 aromatic carbocycles. The number of aromatic nitrogens is 1. The van der Waals surface area contributed by atoms with Crippen LogP contribution >= 0.6 is 11.3 Å². The van der Waals surface area contributed by atoms with Crippen molar-refractivity contribution in [1.82, 2.24) is 4.57 Å². The lowest BCUT2D eigenvalue weighted by atomic mass is 9.93. The molecule has 0 saturated heterocycles. The van der Waals surface area contributed by atoms with Gasteiger partial charge in [-0.3, -0.25) is 9.36 Å². The quantitative estimate of drug-likeness (QED) is 0.146. The van der Waals surface area contributed by atoms with E-state index in [0.717, 1.165) is 22.3 Å². The molecule has 50 heavy (non-hydrogen) atoms. The summed E-state index contributed by atoms with van der Waals surface area (Å²) in [4.78, 5) is 45.3. The van der Waals surface area contributed by atoms with Crippen LogP contribution in [-0.2, 0) is 20.9 Å². The van der Waals surface area contributed by atoms with Gasteiger partial charge in [-0.15, -0.1) is 0 Å². The number of hydrogen-bond acceptors (Lipinski definition) is 9. The van der Waals surface area contributed by atoms with E-state index in [4.69, 9.17) is 23.9 Å². The Morgan fingerprint density at radius 3 is 2.20 bits per heavy atom. The number of nitrogens with zero attached hydrogens (tertiary/aromatic N) is 2. The number of ether oxygens (including phenoxy) is 4. The van der Waals surface area contributed by atoms with E-state index in [1.165, 1.54) is 11.3 Å². The van der Waals surface area contributed by atoms with Crippen LogP contribution in [0.25, 0.3) is 11.8 Å². The molecule has 0 N–H and O–H groups in total. The van der Waals surface area contributed by atoms with Gasteiger partial charge < -0.3 is 18.9 Å². The lowest BCUT2D eigenvalue weighted by Gasteiger charge is -2.26. The number of thiazole rings is 1. The molecule has 6 rings (SSSR count). The minimum Gasteiger partial charge on any atom is -0.494 e. The Bertz CT molecular complexity index is 2200. The molecule has 1 aliphatic rings. The first-order chi connectivity index (χ1) is 24.4. The van der Waals surface area contributed by atoms with Crippen molar-refractivity contribution in [3.63, 3.8) is 0 Å². The van der Waals surface area contributed by atoms with Crippen LogP contribution in [0.5, 0.6) is 11.5 Å². The summed E-state index contributed by atoms with van der Waals surface area (Å²) in [6.45, 7) is 6.72. The number of hydrogen-bond donors (Lipinski definition) is 0. The highest BCUT2D eigenvalue weighted by Gasteiger charge is 2.35. The summed E-state index contributed by atoms with van der Waals surface area (Å²) in [5.74, 6) is 0.398. The zero-order valence-corrected chi connectivity index (χ0v) is 28.8. The summed E-state index contributed by atoms with van der Waals surface area (Å²) >= 11 is 1.25. The summed E-state index contributed by atoms with van der Waals surface area (Å²) in [5.41, 5.74) is 4.05. The van der Waals surface area contributed by atoms with Gasteiger partial charge >= 0.3 is 11.9 Å². The van der Waals surface area contributed by atoms with Crippen LogP contribution in [-0.4, -0.2) is 36.3 Å². The molecule has 0 spiro atoms. The third kappa shape index (κ3) is 7.45. The molecule has 0 aliphatic carbocycles. The van der Waals surface area contributed by atoms with Gasteiger partial charge in [0.1, 0.15) is 18.1 Å². The van der Waals surface area contributed by atoms with Crippen molar-refractivity contribution in [2.45, 2.75) is 33.4 Å². The lowest BCUT2D eigenvalue weighted by Crippen LogP contribution is -2.40. The van der Waals surface area contributed by atoms with Crippen LogP contribution in [0.2, 0.25) is 0 Å². The van der Waals surface area contributed by atoms with Crippen molar-refractivity contribution < 1.29 is 28.5 Å². The van der Waals surface area contributed by atoms with Crippen LogP contribution < -0.4 is 24.4 Å². The zero-order valence-electron chi connectivity index (χ0n) is 28.0. The van der Waals surface area contributed by atoms with Gasteiger partial charge in [0.15, 0.2) is 4.80 Å². The second kappa shape index (κ2) is 15.7. The molecule has 0 bridgehead atoms. The topological polar surface area (TPSA) is 105 Å². The Morgan fingerprint density at radius 1 is 0.780 bits per heavy atom. The van der Waals surface area contributed by atoms with Crippen LogP contribution in [0.15, 0.2) is 118 Å². The van der Waals surface area contributed by atoms with E-state index in [2.05, 4.69) is 0 Å². The molecule has 0 unspecified atom stereocenters. The molecule has 0 radical (unpaired) electrons. The molecule has 1 aromatic heterocycles. The molecule has 254 valence electrons. The van der Waals surface area contributed by atoms with Gasteiger partial charge in [0.25, 0.3) is 5.56 Å². The number of benzene rings is 4. The molecule has 9 nitrogen and oxygen atoms in total. The van der Waals surface area contributed by atoms with Gasteiger partial charge in [0, 0.05) is 5.56 Å². The monoisotopic (exact) mass is 688 g/mol. The third-order valence-corrected chi connectivity index (χ3v) is 8.89. The first-order valence-electron chi connectivity index (χ1n) is 16.4. The fraction of sp³-hybridized carbons (Fsp3) is 0.200. The molecule has 1 aliphatic heterocycles. The number of esters is 2. The fourth-order valence-corrected chi connectivity index (χ4v) is 6.63. The summed E-state index contributed by atoms with van der Waals surface area (Å²) in [6, 6.07) is 30.6. The van der Waals surface area contributed by atoms with Crippen molar-refractivity contribution in [2.75, 3.05) is 19.8 Å². The Labute approximate surface area is 293 Å². The SMILES string of the molecule is CCOC(=O)C1=C(c2ccccc2)N=c2s/c(=C\c3cccc(OCc4ccc(C(=O)OCC)cc4)c3)c(=O)n2[C@@H]1c1ccc(OCC)cc1. The first-order valence-corrected chi connectivity index (χ1v) is 17.2. The van der Waals surface area contributed by atoms with Crippen molar-refractivity contribution in [3.05, 3.63) is 156 Å². The van der Waals surface area contributed by atoms with E-state index in [1.54, 1.807) is 36.6 Å². The van der Waals surface area contributed by atoms with Crippen LogP contribution in [0, 0.1) is 0 Å².